The SMILES string of the molecule is O=C(NCCCOC1CCCCC1)c1cccnc1N1CCCC1. The molecule has 132 valence electrons. The number of anilines is 1. The number of rotatable bonds is 7. The minimum absolute atomic E-state index is 0.0253. The van der Waals surface area contributed by atoms with E-state index in [0.717, 1.165) is 31.9 Å². The summed E-state index contributed by atoms with van der Waals surface area (Å²) in [5.41, 5.74) is 0.688. The number of carbonyl (C=O) groups is 1. The molecule has 1 aliphatic heterocycles. The molecule has 1 saturated heterocycles. The zero-order valence-corrected chi connectivity index (χ0v) is 14.5. The number of nitrogens with one attached hydrogen (secondary N) is 1. The highest BCUT2D eigenvalue weighted by Gasteiger charge is 2.20. The van der Waals surface area contributed by atoms with Crippen molar-refractivity contribution in [3.63, 3.8) is 0 Å². The maximum atomic E-state index is 12.5. The lowest BCUT2D eigenvalue weighted by Crippen LogP contribution is -2.29. The number of carbonyl (C=O) groups excluding carboxylic acids is 1. The Bertz CT molecular complexity index is 523. The van der Waals surface area contributed by atoms with E-state index in [9.17, 15) is 4.79 Å². The molecule has 0 atom stereocenters. The largest absolute Gasteiger partial charge is 0.378 e. The van der Waals surface area contributed by atoms with Crippen LogP contribution in [0.15, 0.2) is 18.3 Å². The molecule has 5 nitrogen and oxygen atoms in total. The molecule has 1 saturated carbocycles. The molecule has 0 bridgehead atoms. The number of nitrogens with zero attached hydrogens (tertiary/aromatic N) is 2. The van der Waals surface area contributed by atoms with Crippen LogP contribution in [0.4, 0.5) is 5.82 Å². The van der Waals surface area contributed by atoms with Crippen LogP contribution in [0.3, 0.4) is 0 Å². The van der Waals surface area contributed by atoms with Crippen molar-refractivity contribution in [1.29, 1.82) is 0 Å². The Kier molecular flexibility index (Phi) is 6.47. The molecule has 24 heavy (non-hydrogen) atoms. The molecule has 0 unspecified atom stereocenters. The van der Waals surface area contributed by atoms with Gasteiger partial charge in [0.05, 0.1) is 11.7 Å². The van der Waals surface area contributed by atoms with E-state index in [2.05, 4.69) is 15.2 Å². The van der Waals surface area contributed by atoms with Gasteiger partial charge in [0.15, 0.2) is 0 Å². The van der Waals surface area contributed by atoms with Gasteiger partial charge in [0.25, 0.3) is 5.91 Å². The van der Waals surface area contributed by atoms with E-state index in [4.69, 9.17) is 4.74 Å². The lowest BCUT2D eigenvalue weighted by atomic mass is 9.98. The topological polar surface area (TPSA) is 54.5 Å². The Balaban J connectivity index is 1.42. The molecule has 1 N–H and O–H groups in total. The molecule has 0 spiro atoms. The summed E-state index contributed by atoms with van der Waals surface area (Å²) in [5.74, 6) is 0.800. The maximum absolute atomic E-state index is 12.5. The summed E-state index contributed by atoms with van der Waals surface area (Å²) in [6, 6.07) is 3.70. The molecular weight excluding hydrogens is 302 g/mol. The number of aromatic nitrogens is 1. The first-order chi connectivity index (χ1) is 11.8. The van der Waals surface area contributed by atoms with E-state index in [1.165, 1.54) is 44.9 Å². The highest BCUT2D eigenvalue weighted by molar-refractivity contribution is 5.98. The quantitative estimate of drug-likeness (QED) is 0.780. The van der Waals surface area contributed by atoms with Gasteiger partial charge in [-0.25, -0.2) is 4.98 Å². The van der Waals surface area contributed by atoms with Gasteiger partial charge in [-0.05, 0) is 44.2 Å². The van der Waals surface area contributed by atoms with Gasteiger partial charge in [0.2, 0.25) is 0 Å². The summed E-state index contributed by atoms with van der Waals surface area (Å²) in [4.78, 5) is 19.1. The van der Waals surface area contributed by atoms with Crippen molar-refractivity contribution in [3.8, 4) is 0 Å². The molecule has 1 amide bonds. The van der Waals surface area contributed by atoms with Gasteiger partial charge in [-0.1, -0.05) is 19.3 Å². The smallest absolute Gasteiger partial charge is 0.255 e. The number of hydrogen-bond acceptors (Lipinski definition) is 4. The third-order valence-corrected chi connectivity index (χ3v) is 4.95. The van der Waals surface area contributed by atoms with Crippen molar-refractivity contribution in [2.24, 2.45) is 0 Å². The fourth-order valence-electron chi connectivity index (χ4n) is 3.61. The molecule has 1 aromatic rings. The third kappa shape index (κ3) is 4.69. The van der Waals surface area contributed by atoms with Gasteiger partial charge in [-0.3, -0.25) is 4.79 Å². The molecule has 2 fully saturated rings. The predicted molar refractivity (Wildman–Crippen MR) is 95.5 cm³/mol. The van der Waals surface area contributed by atoms with E-state index in [0.29, 0.717) is 18.2 Å². The summed E-state index contributed by atoms with van der Waals surface area (Å²) in [6.45, 7) is 3.37. The van der Waals surface area contributed by atoms with Crippen molar-refractivity contribution >= 4 is 11.7 Å². The van der Waals surface area contributed by atoms with Gasteiger partial charge >= 0.3 is 0 Å². The van der Waals surface area contributed by atoms with Crippen LogP contribution in [0.5, 0.6) is 0 Å². The summed E-state index contributed by atoms with van der Waals surface area (Å²) in [5, 5.41) is 3.01. The van der Waals surface area contributed by atoms with E-state index in [1.54, 1.807) is 6.20 Å². The molecule has 3 rings (SSSR count). The lowest BCUT2D eigenvalue weighted by Gasteiger charge is -2.22. The first-order valence-electron chi connectivity index (χ1n) is 9.44. The molecule has 2 aliphatic rings. The fourth-order valence-corrected chi connectivity index (χ4v) is 3.61. The van der Waals surface area contributed by atoms with Gasteiger partial charge in [-0.2, -0.15) is 0 Å². The van der Waals surface area contributed by atoms with Crippen LogP contribution < -0.4 is 10.2 Å². The molecule has 2 heterocycles. The van der Waals surface area contributed by atoms with E-state index in [1.807, 2.05) is 12.1 Å². The zero-order valence-electron chi connectivity index (χ0n) is 14.5. The average Bonchev–Trinajstić information content (AvgIpc) is 3.17. The van der Waals surface area contributed by atoms with Crippen LogP contribution in [-0.4, -0.2) is 43.2 Å². The van der Waals surface area contributed by atoms with E-state index in [-0.39, 0.29) is 5.91 Å². The maximum Gasteiger partial charge on any atom is 0.255 e. The van der Waals surface area contributed by atoms with E-state index < -0.39 is 0 Å². The first kappa shape index (κ1) is 17.2. The summed E-state index contributed by atoms with van der Waals surface area (Å²) in [6.07, 6.45) is 11.7. The lowest BCUT2D eigenvalue weighted by molar-refractivity contribution is 0.0273. The van der Waals surface area contributed by atoms with Crippen LogP contribution >= 0.6 is 0 Å². The van der Waals surface area contributed by atoms with E-state index >= 15 is 0 Å². The molecule has 0 radical (unpaired) electrons. The van der Waals surface area contributed by atoms with Gasteiger partial charge in [0.1, 0.15) is 5.82 Å². The van der Waals surface area contributed by atoms with Gasteiger partial charge < -0.3 is 15.0 Å². The number of amides is 1. The van der Waals surface area contributed by atoms with Crippen molar-refractivity contribution in [2.75, 3.05) is 31.1 Å². The van der Waals surface area contributed by atoms with Gasteiger partial charge in [-0.15, -0.1) is 0 Å². The Morgan fingerprint density at radius 2 is 2.00 bits per heavy atom. The Morgan fingerprint density at radius 3 is 2.79 bits per heavy atom. The second-order valence-electron chi connectivity index (χ2n) is 6.81. The summed E-state index contributed by atoms with van der Waals surface area (Å²) in [7, 11) is 0. The summed E-state index contributed by atoms with van der Waals surface area (Å²) >= 11 is 0. The molecule has 5 heteroatoms. The van der Waals surface area contributed by atoms with Crippen molar-refractivity contribution in [1.82, 2.24) is 10.3 Å². The number of ether oxygens (including phenoxy) is 1. The molecular formula is C19H29N3O2. The second-order valence-corrected chi connectivity index (χ2v) is 6.81. The Morgan fingerprint density at radius 1 is 1.21 bits per heavy atom. The molecule has 1 aromatic heterocycles. The number of hydrogen-bond donors (Lipinski definition) is 1. The monoisotopic (exact) mass is 331 g/mol. The third-order valence-electron chi connectivity index (χ3n) is 4.95. The second kappa shape index (κ2) is 9.02. The Labute approximate surface area is 144 Å². The van der Waals surface area contributed by atoms with Crippen LogP contribution in [0.1, 0.15) is 61.7 Å². The average molecular weight is 331 g/mol. The highest BCUT2D eigenvalue weighted by Crippen LogP contribution is 2.22. The van der Waals surface area contributed by atoms with Crippen LogP contribution in [-0.2, 0) is 4.74 Å². The molecule has 1 aliphatic carbocycles. The summed E-state index contributed by atoms with van der Waals surface area (Å²) < 4.78 is 5.90. The zero-order chi connectivity index (χ0) is 16.6. The highest BCUT2D eigenvalue weighted by atomic mass is 16.5. The minimum Gasteiger partial charge on any atom is -0.378 e. The fraction of sp³-hybridized carbons (Fsp3) is 0.684. The van der Waals surface area contributed by atoms with Crippen LogP contribution in [0.2, 0.25) is 0 Å². The van der Waals surface area contributed by atoms with Crippen molar-refractivity contribution in [3.05, 3.63) is 23.9 Å². The van der Waals surface area contributed by atoms with Crippen molar-refractivity contribution < 1.29 is 9.53 Å². The van der Waals surface area contributed by atoms with Crippen LogP contribution in [0.25, 0.3) is 0 Å². The standard InChI is InChI=1S/C19H29N3O2/c23-19(21-12-7-15-24-16-8-2-1-3-9-16)17-10-6-11-20-18(17)22-13-4-5-14-22/h6,10-11,16H,1-5,7-9,12-15H2,(H,21,23). The molecule has 0 aromatic carbocycles. The Hall–Kier alpha value is -1.62. The normalized spacial score (nSPS) is 18.8. The predicted octanol–water partition coefficient (Wildman–Crippen LogP) is 3.15. The van der Waals surface area contributed by atoms with Gasteiger partial charge in [0, 0.05) is 32.4 Å². The van der Waals surface area contributed by atoms with Crippen molar-refractivity contribution in [2.45, 2.75) is 57.5 Å². The van der Waals surface area contributed by atoms with Crippen LogP contribution in [0, 0.1) is 0 Å². The minimum atomic E-state index is -0.0253. The first-order valence-corrected chi connectivity index (χ1v) is 9.44. The number of pyridine rings is 1.